The standard InChI is InChI=1S/C9H12FN3O5/c10-3-1-13(9(17)12-7(3)16)8-6(15)5(11)4(2-14)18-8/h1,4-6,8,14-15H,2,11H2,(H,12,16,17)/t4-,5?,6+,8-/m1/s1. The number of ether oxygens (including phenoxy) is 1. The van der Waals surface area contributed by atoms with E-state index in [1.165, 1.54) is 0 Å². The molecule has 4 atom stereocenters. The van der Waals surface area contributed by atoms with Gasteiger partial charge < -0.3 is 20.7 Å². The number of nitrogens with two attached hydrogens (primary N) is 1. The van der Waals surface area contributed by atoms with Crippen molar-refractivity contribution in [2.45, 2.75) is 24.5 Å². The van der Waals surface area contributed by atoms with Crippen LogP contribution in [0.2, 0.25) is 0 Å². The number of halogens is 1. The van der Waals surface area contributed by atoms with Gasteiger partial charge in [-0.3, -0.25) is 14.3 Å². The third-order valence-electron chi connectivity index (χ3n) is 2.81. The number of H-pyrrole nitrogens is 1. The summed E-state index contributed by atoms with van der Waals surface area (Å²) in [5.41, 5.74) is 3.47. The molecule has 0 saturated carbocycles. The number of hydrogen-bond donors (Lipinski definition) is 4. The predicted molar refractivity (Wildman–Crippen MR) is 56.3 cm³/mol. The van der Waals surface area contributed by atoms with E-state index in [2.05, 4.69) is 0 Å². The summed E-state index contributed by atoms with van der Waals surface area (Å²) in [6, 6.07) is -0.915. The molecule has 1 aromatic heterocycles. The van der Waals surface area contributed by atoms with Gasteiger partial charge in [-0.25, -0.2) is 4.79 Å². The van der Waals surface area contributed by atoms with Crippen LogP contribution in [0.15, 0.2) is 15.8 Å². The third kappa shape index (κ3) is 1.97. The van der Waals surface area contributed by atoms with E-state index < -0.39 is 48.2 Å². The molecule has 0 aliphatic carbocycles. The van der Waals surface area contributed by atoms with Crippen LogP contribution in [0.5, 0.6) is 0 Å². The van der Waals surface area contributed by atoms with Crippen LogP contribution in [-0.4, -0.2) is 44.6 Å². The Kier molecular flexibility index (Phi) is 3.30. The molecule has 5 N–H and O–H groups in total. The Labute approximate surface area is 99.4 Å². The number of hydrogen-bond acceptors (Lipinski definition) is 6. The van der Waals surface area contributed by atoms with E-state index in [0.717, 1.165) is 0 Å². The summed E-state index contributed by atoms with van der Waals surface area (Å²) < 4.78 is 18.9. The van der Waals surface area contributed by atoms with Gasteiger partial charge in [-0.15, -0.1) is 0 Å². The molecule has 1 fully saturated rings. The van der Waals surface area contributed by atoms with E-state index in [-0.39, 0.29) is 0 Å². The summed E-state index contributed by atoms with van der Waals surface area (Å²) >= 11 is 0. The lowest BCUT2D eigenvalue weighted by molar-refractivity contribution is -0.0536. The first-order chi connectivity index (χ1) is 8.45. The minimum absolute atomic E-state index is 0.449. The van der Waals surface area contributed by atoms with Crippen molar-refractivity contribution in [1.29, 1.82) is 0 Å². The maximum absolute atomic E-state index is 13.1. The zero-order valence-corrected chi connectivity index (χ0v) is 9.12. The molecule has 1 saturated heterocycles. The normalized spacial score (nSPS) is 31.8. The van der Waals surface area contributed by atoms with E-state index >= 15 is 0 Å². The first kappa shape index (κ1) is 12.9. The van der Waals surface area contributed by atoms with Crippen molar-refractivity contribution in [3.05, 3.63) is 32.9 Å². The summed E-state index contributed by atoms with van der Waals surface area (Å²) in [7, 11) is 0. The van der Waals surface area contributed by atoms with Crippen molar-refractivity contribution in [1.82, 2.24) is 9.55 Å². The molecule has 8 nitrogen and oxygen atoms in total. The highest BCUT2D eigenvalue weighted by atomic mass is 19.1. The fourth-order valence-electron chi connectivity index (χ4n) is 1.80. The lowest BCUT2D eigenvalue weighted by Gasteiger charge is -2.17. The SMILES string of the molecule is NC1[C@@H](CO)O[C@@H](n2cc(F)c(=O)[nH]c2=O)[C@H]1O. The van der Waals surface area contributed by atoms with Gasteiger partial charge in [-0.1, -0.05) is 0 Å². The molecule has 1 unspecified atom stereocenters. The highest BCUT2D eigenvalue weighted by molar-refractivity contribution is 4.96. The van der Waals surface area contributed by atoms with Crippen LogP contribution in [0.25, 0.3) is 0 Å². The molecular weight excluding hydrogens is 249 g/mol. The molecule has 2 rings (SSSR count). The van der Waals surface area contributed by atoms with E-state index in [9.17, 15) is 19.1 Å². The van der Waals surface area contributed by atoms with E-state index in [4.69, 9.17) is 15.6 Å². The molecule has 1 aliphatic heterocycles. The van der Waals surface area contributed by atoms with Crippen molar-refractivity contribution in [3.8, 4) is 0 Å². The molecule has 0 spiro atoms. The van der Waals surface area contributed by atoms with Crippen molar-refractivity contribution >= 4 is 0 Å². The van der Waals surface area contributed by atoms with Crippen molar-refractivity contribution in [2.75, 3.05) is 6.61 Å². The second-order valence-electron chi connectivity index (χ2n) is 3.96. The Bertz CT molecular complexity index is 556. The maximum atomic E-state index is 13.1. The summed E-state index contributed by atoms with van der Waals surface area (Å²) in [5.74, 6) is -1.19. The van der Waals surface area contributed by atoms with Gasteiger partial charge in [0.1, 0.15) is 12.2 Å². The number of rotatable bonds is 2. The van der Waals surface area contributed by atoms with Crippen molar-refractivity contribution in [2.24, 2.45) is 5.73 Å². The summed E-state index contributed by atoms with van der Waals surface area (Å²) in [6.45, 7) is -0.449. The fourth-order valence-corrected chi connectivity index (χ4v) is 1.80. The number of aromatic nitrogens is 2. The average Bonchev–Trinajstić information content (AvgIpc) is 2.61. The highest BCUT2D eigenvalue weighted by Gasteiger charge is 2.42. The smallest absolute Gasteiger partial charge is 0.330 e. The number of aromatic amines is 1. The maximum Gasteiger partial charge on any atom is 0.330 e. The van der Waals surface area contributed by atoms with Gasteiger partial charge >= 0.3 is 5.69 Å². The third-order valence-corrected chi connectivity index (χ3v) is 2.81. The molecule has 18 heavy (non-hydrogen) atoms. The lowest BCUT2D eigenvalue weighted by atomic mass is 10.1. The van der Waals surface area contributed by atoms with Crippen molar-refractivity contribution in [3.63, 3.8) is 0 Å². The van der Waals surface area contributed by atoms with Crippen LogP contribution < -0.4 is 17.0 Å². The van der Waals surface area contributed by atoms with Crippen LogP contribution in [0, 0.1) is 5.82 Å². The minimum Gasteiger partial charge on any atom is -0.394 e. The van der Waals surface area contributed by atoms with Crippen molar-refractivity contribution < 1.29 is 19.3 Å². The van der Waals surface area contributed by atoms with E-state index in [1.807, 2.05) is 0 Å². The fraction of sp³-hybridized carbons (Fsp3) is 0.556. The quantitative estimate of drug-likeness (QED) is 0.456. The van der Waals surface area contributed by atoms with Gasteiger partial charge in [0.2, 0.25) is 5.82 Å². The summed E-state index contributed by atoms with van der Waals surface area (Å²) in [5, 5.41) is 18.7. The van der Waals surface area contributed by atoms with Crippen LogP contribution >= 0.6 is 0 Å². The largest absolute Gasteiger partial charge is 0.394 e. The molecule has 0 amide bonds. The van der Waals surface area contributed by atoms with Gasteiger partial charge in [0.15, 0.2) is 6.23 Å². The molecule has 2 heterocycles. The van der Waals surface area contributed by atoms with Gasteiger partial charge in [0, 0.05) is 0 Å². The molecule has 1 aromatic rings. The highest BCUT2D eigenvalue weighted by Crippen LogP contribution is 2.26. The van der Waals surface area contributed by atoms with Crippen LogP contribution in [-0.2, 0) is 4.74 Å². The number of nitrogens with one attached hydrogen (secondary N) is 1. The Morgan fingerprint density at radius 2 is 2.22 bits per heavy atom. The van der Waals surface area contributed by atoms with Crippen LogP contribution in [0.3, 0.4) is 0 Å². The number of aliphatic hydroxyl groups excluding tert-OH is 2. The van der Waals surface area contributed by atoms with Crippen LogP contribution in [0.1, 0.15) is 6.23 Å². The predicted octanol–water partition coefficient (Wildman–Crippen LogP) is -2.75. The average molecular weight is 261 g/mol. The molecule has 1 aliphatic rings. The van der Waals surface area contributed by atoms with Gasteiger partial charge in [-0.05, 0) is 0 Å². The minimum atomic E-state index is -1.30. The first-order valence-corrected chi connectivity index (χ1v) is 5.16. The zero-order valence-electron chi connectivity index (χ0n) is 9.12. The Morgan fingerprint density at radius 3 is 2.78 bits per heavy atom. The molecule has 100 valence electrons. The Hall–Kier alpha value is -1.55. The van der Waals surface area contributed by atoms with Gasteiger partial charge in [0.05, 0.1) is 18.8 Å². The number of nitrogens with zero attached hydrogens (tertiary/aromatic N) is 1. The topological polar surface area (TPSA) is 131 Å². The Morgan fingerprint density at radius 1 is 1.56 bits per heavy atom. The monoisotopic (exact) mass is 261 g/mol. The molecule has 0 aromatic carbocycles. The first-order valence-electron chi connectivity index (χ1n) is 5.16. The summed E-state index contributed by atoms with van der Waals surface area (Å²) in [4.78, 5) is 24.1. The number of aliphatic hydroxyl groups is 2. The zero-order chi connectivity index (χ0) is 13.4. The van der Waals surface area contributed by atoms with E-state index in [1.54, 1.807) is 4.98 Å². The van der Waals surface area contributed by atoms with Gasteiger partial charge in [-0.2, -0.15) is 4.39 Å². The second-order valence-corrected chi connectivity index (χ2v) is 3.96. The van der Waals surface area contributed by atoms with E-state index in [0.29, 0.717) is 10.8 Å². The molecule has 0 bridgehead atoms. The van der Waals surface area contributed by atoms with Crippen LogP contribution in [0.4, 0.5) is 4.39 Å². The summed E-state index contributed by atoms with van der Waals surface area (Å²) in [6.07, 6.45) is -2.80. The molecule has 9 heteroatoms. The second kappa shape index (κ2) is 4.61. The van der Waals surface area contributed by atoms with Gasteiger partial charge in [0.25, 0.3) is 5.56 Å². The molecule has 0 radical (unpaired) electrons. The molecular formula is C9H12FN3O5. The Balaban J connectivity index is 2.42. The lowest BCUT2D eigenvalue weighted by Crippen LogP contribution is -2.42.